The molecule has 11 nitrogen and oxygen atoms in total. The second-order valence-electron chi connectivity index (χ2n) is 16.5. The van der Waals surface area contributed by atoms with Crippen LogP contribution in [0, 0.1) is 17.8 Å². The third kappa shape index (κ3) is 8.36. The van der Waals surface area contributed by atoms with Crippen molar-refractivity contribution in [3.63, 3.8) is 0 Å². The molecule has 1 spiro atoms. The summed E-state index contributed by atoms with van der Waals surface area (Å²) >= 11 is 6.40. The van der Waals surface area contributed by atoms with E-state index in [4.69, 9.17) is 25.8 Å². The molecule has 3 fully saturated rings. The Balaban J connectivity index is 0.000000360. The first kappa shape index (κ1) is 40.2. The molecule has 2 aromatic rings. The van der Waals surface area contributed by atoms with Crippen LogP contribution in [0.25, 0.3) is 0 Å². The number of benzene rings is 2. The average Bonchev–Trinajstić information content (AvgIpc) is 3.68. The van der Waals surface area contributed by atoms with Crippen LogP contribution < -0.4 is 19.7 Å². The van der Waals surface area contributed by atoms with E-state index in [1.165, 1.54) is 30.6 Å². The van der Waals surface area contributed by atoms with Gasteiger partial charge in [0.15, 0.2) is 6.29 Å². The van der Waals surface area contributed by atoms with Crippen LogP contribution in [0.5, 0.6) is 5.75 Å². The third-order valence-electron chi connectivity index (χ3n) is 13.3. The molecule has 2 saturated heterocycles. The fourth-order valence-electron chi connectivity index (χ4n) is 9.54. The van der Waals surface area contributed by atoms with Crippen molar-refractivity contribution in [1.82, 2.24) is 14.9 Å². The number of amides is 1. The van der Waals surface area contributed by atoms with Gasteiger partial charge in [-0.1, -0.05) is 30.7 Å². The summed E-state index contributed by atoms with van der Waals surface area (Å²) < 4.78 is 46.7. The highest BCUT2D eigenvalue weighted by Gasteiger charge is 2.49. The lowest BCUT2D eigenvalue weighted by molar-refractivity contribution is -0.135. The number of rotatable bonds is 3. The van der Waals surface area contributed by atoms with Gasteiger partial charge in [-0.25, -0.2) is 13.1 Å². The molecule has 300 valence electrons. The van der Waals surface area contributed by atoms with Gasteiger partial charge in [-0.05, 0) is 111 Å². The van der Waals surface area contributed by atoms with Gasteiger partial charge in [0, 0.05) is 80.9 Å². The molecule has 2 N–H and O–H groups in total. The van der Waals surface area contributed by atoms with Crippen LogP contribution in [-0.4, -0.2) is 109 Å². The number of ether oxygens (including phenoxy) is 3. The molecule has 0 aromatic heterocycles. The molecule has 4 aliphatic heterocycles. The van der Waals surface area contributed by atoms with Crippen molar-refractivity contribution in [1.29, 1.82) is 0 Å². The fraction of sp³-hybridized carbons (Fsp3) is 0.619. The molecular weight excluding hydrogens is 740 g/mol. The topological polar surface area (TPSA) is 127 Å². The number of anilines is 1. The zero-order valence-electron chi connectivity index (χ0n) is 32.4. The lowest BCUT2D eigenvalue weighted by Crippen LogP contribution is -2.53. The van der Waals surface area contributed by atoms with Gasteiger partial charge in [-0.15, -0.1) is 0 Å². The number of nitrogens with zero attached hydrogens (tertiary/aromatic N) is 2. The van der Waals surface area contributed by atoms with Crippen molar-refractivity contribution in [2.75, 3.05) is 71.1 Å². The van der Waals surface area contributed by atoms with Gasteiger partial charge < -0.3 is 24.4 Å². The highest BCUT2D eigenvalue weighted by atomic mass is 35.5. The Morgan fingerprint density at radius 2 is 1.89 bits per heavy atom. The van der Waals surface area contributed by atoms with Crippen molar-refractivity contribution in [2.24, 2.45) is 17.8 Å². The van der Waals surface area contributed by atoms with E-state index in [-0.39, 0.29) is 28.7 Å². The summed E-state index contributed by atoms with van der Waals surface area (Å²) in [6.45, 7) is 11.8. The molecular formula is C42H57ClN4O7S. The van der Waals surface area contributed by atoms with Crippen molar-refractivity contribution in [3.8, 4) is 5.75 Å². The predicted molar refractivity (Wildman–Crippen MR) is 215 cm³/mol. The number of hydrogen-bond donors (Lipinski definition) is 2. The highest BCUT2D eigenvalue weighted by Crippen LogP contribution is 2.48. The van der Waals surface area contributed by atoms with Crippen LogP contribution in [0.4, 0.5) is 5.69 Å². The minimum Gasteiger partial charge on any atom is -0.490 e. The van der Waals surface area contributed by atoms with E-state index >= 15 is 0 Å². The summed E-state index contributed by atoms with van der Waals surface area (Å²) in [5.74, 6) is -0.203. The lowest BCUT2D eigenvalue weighted by atomic mass is 9.64. The van der Waals surface area contributed by atoms with Crippen LogP contribution in [-0.2, 0) is 36.1 Å². The smallest absolute Gasteiger partial charge is 0.264 e. The van der Waals surface area contributed by atoms with Crippen molar-refractivity contribution >= 4 is 39.5 Å². The molecule has 55 heavy (non-hydrogen) atoms. The van der Waals surface area contributed by atoms with Crippen molar-refractivity contribution in [3.05, 3.63) is 70.3 Å². The zero-order chi connectivity index (χ0) is 38.8. The summed E-state index contributed by atoms with van der Waals surface area (Å²) in [4.78, 5) is 30.9. The maximum Gasteiger partial charge on any atom is 0.264 e. The summed E-state index contributed by atoms with van der Waals surface area (Å²) in [6, 6.07) is 12.0. The normalized spacial score (nSPS) is 34.0. The van der Waals surface area contributed by atoms with E-state index < -0.39 is 26.8 Å². The standard InChI is InChI=1S/C34H41ClN2O6S.C8H16N2O/c1-22-6-4-15-34(20-38,42-3)29-11-8-26(29)18-37-19-33(14-5-7-24-16-27(35)10-12-28(24)33)21-43-31-13-9-25(17-30(31)37)32(39)36-44(40,41)23(22)2;1-6-11-7-8(1)10-4-2-9-3-5-10/h4,9-10,12-13,15-17,20,22-23,26,29H,5-8,11,14,18-19,21H2,1-3H3,(H,36,39);8-9H,1-7H2/b15-4+;/t22-,23+,26-,29+,33-,34+;/m0./s1. The first-order valence-electron chi connectivity index (χ1n) is 20.1. The van der Waals surface area contributed by atoms with E-state index in [1.807, 2.05) is 25.1 Å². The second-order valence-corrected chi connectivity index (χ2v) is 19.0. The Morgan fingerprint density at radius 1 is 1.07 bits per heavy atom. The number of sulfonamides is 1. The fourth-order valence-corrected chi connectivity index (χ4v) is 11.0. The highest BCUT2D eigenvalue weighted by molar-refractivity contribution is 7.90. The van der Waals surface area contributed by atoms with Gasteiger partial charge in [0.05, 0.1) is 24.2 Å². The minimum atomic E-state index is -3.97. The Kier molecular flexibility index (Phi) is 12.3. The van der Waals surface area contributed by atoms with Crippen molar-refractivity contribution in [2.45, 2.75) is 81.1 Å². The van der Waals surface area contributed by atoms with E-state index in [0.29, 0.717) is 36.9 Å². The summed E-state index contributed by atoms with van der Waals surface area (Å²) in [7, 11) is -2.41. The summed E-state index contributed by atoms with van der Waals surface area (Å²) in [5.41, 5.74) is 2.05. The summed E-state index contributed by atoms with van der Waals surface area (Å²) in [6.07, 6.45) is 10.9. The SMILES string of the molecule is C1CN(C2CCOC2)CCN1.CO[C@@]1(C=O)/C=C/C[C@H](C)[C@@H](C)S(=O)(=O)NC(=O)c2ccc3c(c2)N(C[C@@H]2CC[C@H]21)C[C@@]1(CCCc2cc(Cl)ccc21)CO3. The van der Waals surface area contributed by atoms with Crippen LogP contribution in [0.1, 0.15) is 73.9 Å². The Labute approximate surface area is 331 Å². The Bertz CT molecular complexity index is 1850. The maximum atomic E-state index is 13.4. The van der Waals surface area contributed by atoms with Gasteiger partial charge in [0.2, 0.25) is 10.0 Å². The van der Waals surface area contributed by atoms with Gasteiger partial charge in [0.25, 0.3) is 5.91 Å². The molecule has 2 aliphatic carbocycles. The van der Waals surface area contributed by atoms with Gasteiger partial charge in [-0.3, -0.25) is 14.5 Å². The quantitative estimate of drug-likeness (QED) is 0.319. The summed E-state index contributed by atoms with van der Waals surface area (Å²) in [5, 5.41) is 3.23. The zero-order valence-corrected chi connectivity index (χ0v) is 34.0. The first-order valence-corrected chi connectivity index (χ1v) is 22.0. The number of methoxy groups -OCH3 is 1. The monoisotopic (exact) mass is 796 g/mol. The van der Waals surface area contributed by atoms with E-state index in [2.05, 4.69) is 32.0 Å². The maximum absolute atomic E-state index is 13.4. The van der Waals surface area contributed by atoms with Gasteiger partial charge in [0.1, 0.15) is 11.4 Å². The molecule has 7 atom stereocenters. The number of halogens is 1. The molecule has 2 aromatic carbocycles. The molecule has 1 amide bonds. The molecule has 1 saturated carbocycles. The van der Waals surface area contributed by atoms with E-state index in [1.54, 1.807) is 32.2 Å². The number of hydrogen-bond acceptors (Lipinski definition) is 10. The predicted octanol–water partition coefficient (Wildman–Crippen LogP) is 5.15. The molecule has 1 unspecified atom stereocenters. The number of aryl methyl sites for hydroxylation is 1. The molecule has 8 rings (SSSR count). The average molecular weight is 797 g/mol. The largest absolute Gasteiger partial charge is 0.490 e. The lowest BCUT2D eigenvalue weighted by Gasteiger charge is -2.48. The van der Waals surface area contributed by atoms with Gasteiger partial charge >= 0.3 is 0 Å². The number of fused-ring (bicyclic) bond motifs is 4. The number of carbonyl (C=O) groups excluding carboxylic acids is 2. The van der Waals surface area contributed by atoms with Gasteiger partial charge in [-0.2, -0.15) is 0 Å². The van der Waals surface area contributed by atoms with Crippen LogP contribution >= 0.6 is 11.6 Å². The molecule has 0 radical (unpaired) electrons. The molecule has 2 bridgehead atoms. The van der Waals surface area contributed by atoms with Crippen molar-refractivity contribution < 1.29 is 32.2 Å². The van der Waals surface area contributed by atoms with Crippen LogP contribution in [0.3, 0.4) is 0 Å². The van der Waals surface area contributed by atoms with Crippen LogP contribution in [0.15, 0.2) is 48.6 Å². The van der Waals surface area contributed by atoms with E-state index in [9.17, 15) is 18.0 Å². The second kappa shape index (κ2) is 16.8. The third-order valence-corrected chi connectivity index (χ3v) is 15.4. The number of piperazine rings is 1. The first-order chi connectivity index (χ1) is 26.5. The molecule has 6 aliphatic rings. The number of allylic oxidation sites excluding steroid dienone is 1. The number of nitrogens with one attached hydrogen (secondary N) is 2. The molecule has 13 heteroatoms. The Morgan fingerprint density at radius 3 is 2.60 bits per heavy atom. The number of carbonyl (C=O) groups is 2. The molecule has 4 heterocycles. The van der Waals surface area contributed by atoms with Crippen LogP contribution in [0.2, 0.25) is 5.02 Å². The Hall–Kier alpha value is -3.00. The van der Waals surface area contributed by atoms with E-state index in [0.717, 1.165) is 76.4 Å². The minimum absolute atomic E-state index is 0.0434. The number of aldehydes is 1.